The zero-order valence-electron chi connectivity index (χ0n) is 11.8. The number of anilines is 1. The molecule has 0 radical (unpaired) electrons. The van der Waals surface area contributed by atoms with E-state index >= 15 is 0 Å². The molecule has 0 amide bonds. The molecule has 3 nitrogen and oxygen atoms in total. The molecule has 5 heteroatoms. The molecule has 1 heterocycles. The van der Waals surface area contributed by atoms with Crippen LogP contribution in [0.25, 0.3) is 22.4 Å². The molecule has 0 saturated carbocycles. The van der Waals surface area contributed by atoms with E-state index in [0.717, 1.165) is 22.4 Å². The zero-order chi connectivity index (χ0) is 15.1. The van der Waals surface area contributed by atoms with E-state index in [9.17, 15) is 4.39 Å². The molecule has 108 valence electrons. The number of fused-ring (bicyclic) bond motifs is 1. The highest BCUT2D eigenvalue weighted by molar-refractivity contribution is 6.31. The first-order valence-electron chi connectivity index (χ1n) is 6.70. The molecule has 0 atom stereocenters. The molecule has 0 aliphatic carbocycles. The third-order valence-corrected chi connectivity index (χ3v) is 3.66. The number of nitrogen functional groups attached to an aromatic ring is 1. The minimum atomic E-state index is -0.422. The maximum Gasteiger partial charge on any atom is 0.146 e. The van der Waals surface area contributed by atoms with Gasteiger partial charge in [0.2, 0.25) is 0 Å². The molecule has 0 spiro atoms. The molecular weight excluding hydrogens is 289 g/mol. The fourth-order valence-corrected chi connectivity index (χ4v) is 2.64. The summed E-state index contributed by atoms with van der Waals surface area (Å²) in [6.07, 6.45) is 0. The van der Waals surface area contributed by atoms with Crippen molar-refractivity contribution in [3.63, 3.8) is 0 Å². The number of aromatic nitrogens is 2. The maximum absolute atomic E-state index is 13.4. The smallest absolute Gasteiger partial charge is 0.146 e. The topological polar surface area (TPSA) is 43.8 Å². The van der Waals surface area contributed by atoms with Gasteiger partial charge in [0.15, 0.2) is 0 Å². The Kier molecular flexibility index (Phi) is 3.33. The van der Waals surface area contributed by atoms with Crippen molar-refractivity contribution in [1.29, 1.82) is 0 Å². The standard InChI is InChI=1S/C16H15ClFN3/c1-9(2)21-15-8-11(17)4-6-14(15)20-16(21)10-3-5-12(18)13(19)7-10/h3-9H,19H2,1-2H3. The van der Waals surface area contributed by atoms with Crippen molar-refractivity contribution in [2.45, 2.75) is 19.9 Å². The van der Waals surface area contributed by atoms with Gasteiger partial charge in [-0.05, 0) is 50.2 Å². The van der Waals surface area contributed by atoms with Crippen LogP contribution < -0.4 is 5.73 Å². The van der Waals surface area contributed by atoms with Gasteiger partial charge in [-0.1, -0.05) is 11.6 Å². The molecule has 3 rings (SSSR count). The summed E-state index contributed by atoms with van der Waals surface area (Å²) in [7, 11) is 0. The van der Waals surface area contributed by atoms with Gasteiger partial charge >= 0.3 is 0 Å². The normalized spacial score (nSPS) is 11.5. The first kappa shape index (κ1) is 13.9. The number of benzene rings is 2. The van der Waals surface area contributed by atoms with Crippen LogP contribution in [0.5, 0.6) is 0 Å². The highest BCUT2D eigenvalue weighted by atomic mass is 35.5. The van der Waals surface area contributed by atoms with Crippen molar-refractivity contribution in [3.05, 3.63) is 47.2 Å². The monoisotopic (exact) mass is 303 g/mol. The van der Waals surface area contributed by atoms with Gasteiger partial charge in [0.1, 0.15) is 11.6 Å². The van der Waals surface area contributed by atoms with Crippen molar-refractivity contribution in [1.82, 2.24) is 9.55 Å². The van der Waals surface area contributed by atoms with Crippen molar-refractivity contribution >= 4 is 28.3 Å². The first-order valence-corrected chi connectivity index (χ1v) is 7.08. The van der Waals surface area contributed by atoms with Crippen LogP contribution in [0.15, 0.2) is 36.4 Å². The van der Waals surface area contributed by atoms with Crippen LogP contribution in [-0.4, -0.2) is 9.55 Å². The summed E-state index contributed by atoms with van der Waals surface area (Å²) in [5.41, 5.74) is 8.38. The van der Waals surface area contributed by atoms with E-state index in [1.54, 1.807) is 12.1 Å². The fraction of sp³-hybridized carbons (Fsp3) is 0.188. The average Bonchev–Trinajstić information content (AvgIpc) is 2.80. The van der Waals surface area contributed by atoms with Gasteiger partial charge in [-0.2, -0.15) is 0 Å². The lowest BCUT2D eigenvalue weighted by Crippen LogP contribution is -2.03. The molecule has 2 aromatic carbocycles. The van der Waals surface area contributed by atoms with E-state index in [2.05, 4.69) is 23.4 Å². The summed E-state index contributed by atoms with van der Waals surface area (Å²) >= 11 is 6.09. The average molecular weight is 304 g/mol. The van der Waals surface area contributed by atoms with E-state index in [1.165, 1.54) is 6.07 Å². The molecule has 1 aromatic heterocycles. The van der Waals surface area contributed by atoms with E-state index in [1.807, 2.05) is 18.2 Å². The maximum atomic E-state index is 13.4. The molecule has 2 N–H and O–H groups in total. The lowest BCUT2D eigenvalue weighted by molar-refractivity contribution is 0.623. The van der Waals surface area contributed by atoms with Crippen molar-refractivity contribution in [2.24, 2.45) is 0 Å². The molecule has 0 bridgehead atoms. The quantitative estimate of drug-likeness (QED) is 0.700. The third kappa shape index (κ3) is 2.36. The second kappa shape index (κ2) is 5.04. The van der Waals surface area contributed by atoms with Crippen LogP contribution in [0.3, 0.4) is 0 Å². The predicted octanol–water partition coefficient (Wildman–Crippen LogP) is 4.66. The van der Waals surface area contributed by atoms with Crippen LogP contribution in [0, 0.1) is 5.82 Å². The molecular formula is C16H15ClFN3. The van der Waals surface area contributed by atoms with Crippen molar-refractivity contribution in [2.75, 3.05) is 5.73 Å². The Bertz CT molecular complexity index is 824. The van der Waals surface area contributed by atoms with Crippen LogP contribution in [-0.2, 0) is 0 Å². The summed E-state index contributed by atoms with van der Waals surface area (Å²) in [6, 6.07) is 10.4. The van der Waals surface area contributed by atoms with Crippen LogP contribution in [0.2, 0.25) is 5.02 Å². The van der Waals surface area contributed by atoms with Crippen LogP contribution in [0.1, 0.15) is 19.9 Å². The Morgan fingerprint density at radius 1 is 1.19 bits per heavy atom. The minimum Gasteiger partial charge on any atom is -0.396 e. The summed E-state index contributed by atoms with van der Waals surface area (Å²) in [5.74, 6) is 0.336. The Morgan fingerprint density at radius 2 is 1.95 bits per heavy atom. The van der Waals surface area contributed by atoms with Crippen molar-refractivity contribution in [3.8, 4) is 11.4 Å². The summed E-state index contributed by atoms with van der Waals surface area (Å²) in [6.45, 7) is 4.14. The molecule has 21 heavy (non-hydrogen) atoms. The molecule has 3 aromatic rings. The highest BCUT2D eigenvalue weighted by Gasteiger charge is 2.16. The number of rotatable bonds is 2. The number of halogens is 2. The van der Waals surface area contributed by atoms with Gasteiger partial charge in [0.25, 0.3) is 0 Å². The van der Waals surface area contributed by atoms with Gasteiger partial charge in [-0.3, -0.25) is 0 Å². The second-order valence-electron chi connectivity index (χ2n) is 5.27. The fourth-order valence-electron chi connectivity index (χ4n) is 2.48. The highest BCUT2D eigenvalue weighted by Crippen LogP contribution is 2.31. The Labute approximate surface area is 127 Å². The Balaban J connectivity index is 2.30. The van der Waals surface area contributed by atoms with Gasteiger partial charge in [0, 0.05) is 16.6 Å². The molecule has 0 aliphatic heterocycles. The van der Waals surface area contributed by atoms with Crippen LogP contribution in [0.4, 0.5) is 10.1 Å². The van der Waals surface area contributed by atoms with E-state index < -0.39 is 5.82 Å². The summed E-state index contributed by atoms with van der Waals surface area (Å²) in [4.78, 5) is 4.64. The number of imidazole rings is 1. The summed E-state index contributed by atoms with van der Waals surface area (Å²) < 4.78 is 15.4. The molecule has 0 fully saturated rings. The molecule has 0 unspecified atom stereocenters. The second-order valence-corrected chi connectivity index (χ2v) is 5.70. The largest absolute Gasteiger partial charge is 0.396 e. The van der Waals surface area contributed by atoms with Gasteiger partial charge in [0.05, 0.1) is 16.7 Å². The van der Waals surface area contributed by atoms with Gasteiger partial charge < -0.3 is 10.3 Å². The zero-order valence-corrected chi connectivity index (χ0v) is 12.5. The predicted molar refractivity (Wildman–Crippen MR) is 84.9 cm³/mol. The number of nitrogens with zero attached hydrogens (tertiary/aromatic N) is 2. The molecule has 0 saturated heterocycles. The minimum absolute atomic E-state index is 0.118. The Morgan fingerprint density at radius 3 is 2.62 bits per heavy atom. The third-order valence-electron chi connectivity index (χ3n) is 3.42. The van der Waals surface area contributed by atoms with E-state index in [-0.39, 0.29) is 11.7 Å². The first-order chi connectivity index (χ1) is 9.97. The SMILES string of the molecule is CC(C)n1c(-c2ccc(F)c(N)c2)nc2ccc(Cl)cc21. The number of hydrogen-bond donors (Lipinski definition) is 1. The lowest BCUT2D eigenvalue weighted by atomic mass is 10.1. The van der Waals surface area contributed by atoms with Gasteiger partial charge in [-0.15, -0.1) is 0 Å². The van der Waals surface area contributed by atoms with Gasteiger partial charge in [-0.25, -0.2) is 9.37 Å². The molecule has 0 aliphatic rings. The lowest BCUT2D eigenvalue weighted by Gasteiger charge is -2.13. The van der Waals surface area contributed by atoms with Crippen molar-refractivity contribution < 1.29 is 4.39 Å². The van der Waals surface area contributed by atoms with Crippen LogP contribution >= 0.6 is 11.6 Å². The Hall–Kier alpha value is -2.07. The summed E-state index contributed by atoms with van der Waals surface area (Å²) in [5, 5.41) is 0.662. The van der Waals surface area contributed by atoms with E-state index in [4.69, 9.17) is 17.3 Å². The number of hydrogen-bond acceptors (Lipinski definition) is 2. The van der Waals surface area contributed by atoms with E-state index in [0.29, 0.717) is 5.02 Å². The number of nitrogens with two attached hydrogens (primary N) is 1.